The predicted molar refractivity (Wildman–Crippen MR) is 108 cm³/mol. The second kappa shape index (κ2) is 6.30. The van der Waals surface area contributed by atoms with Crippen LogP contribution in [0.4, 0.5) is 22.7 Å². The lowest BCUT2D eigenvalue weighted by Gasteiger charge is -2.43. The van der Waals surface area contributed by atoms with Crippen LogP contribution in [0.2, 0.25) is 0 Å². The van der Waals surface area contributed by atoms with Gasteiger partial charge in [-0.15, -0.1) is 0 Å². The van der Waals surface area contributed by atoms with E-state index in [0.717, 1.165) is 42.0 Å². The highest BCUT2D eigenvalue weighted by Gasteiger charge is 2.43. The molecule has 2 aliphatic rings. The molecule has 0 spiro atoms. The number of benzene rings is 2. The van der Waals surface area contributed by atoms with Crippen molar-refractivity contribution in [3.05, 3.63) is 48.0 Å². The van der Waals surface area contributed by atoms with Crippen LogP contribution < -0.4 is 20.9 Å². The normalized spacial score (nSPS) is 17.8. The minimum Gasteiger partial charge on any atom is -0.398 e. The van der Waals surface area contributed by atoms with Crippen molar-refractivity contribution < 1.29 is 9.59 Å². The molecule has 0 saturated heterocycles. The van der Waals surface area contributed by atoms with E-state index in [2.05, 4.69) is 10.2 Å². The molecule has 0 radical (unpaired) electrons. The molecule has 0 aromatic heterocycles. The molecule has 2 amide bonds. The molecule has 2 aromatic carbocycles. The van der Waals surface area contributed by atoms with Crippen molar-refractivity contribution in [1.82, 2.24) is 0 Å². The molecular formula is C21H24N4O2. The van der Waals surface area contributed by atoms with Gasteiger partial charge in [-0.1, -0.05) is 18.2 Å². The third-order valence-electron chi connectivity index (χ3n) is 5.47. The quantitative estimate of drug-likeness (QED) is 0.803. The van der Waals surface area contributed by atoms with Gasteiger partial charge in [0.15, 0.2) is 0 Å². The number of fused-ring (bicyclic) bond motifs is 2. The summed E-state index contributed by atoms with van der Waals surface area (Å²) in [7, 11) is 0. The second-order valence-electron chi connectivity index (χ2n) is 7.63. The zero-order chi connectivity index (χ0) is 19.2. The van der Waals surface area contributed by atoms with Gasteiger partial charge in [0.05, 0.1) is 17.9 Å². The standard InChI is InChI=1S/C21H24N4O2/c1-21(2)20(27)23-16-9-3-4-10-18(16)25(21)19(26)13-24-12-6-7-14-15(22)8-5-11-17(14)24/h3-5,8-11H,6-7,12-13,22H2,1-2H3,(H,23,27). The summed E-state index contributed by atoms with van der Waals surface area (Å²) in [6.45, 7) is 4.56. The van der Waals surface area contributed by atoms with Gasteiger partial charge < -0.3 is 16.0 Å². The Morgan fingerprint density at radius 1 is 1.15 bits per heavy atom. The van der Waals surface area contributed by atoms with Crippen molar-refractivity contribution in [2.75, 3.05) is 33.9 Å². The second-order valence-corrected chi connectivity index (χ2v) is 7.63. The summed E-state index contributed by atoms with van der Waals surface area (Å²) in [6.07, 6.45) is 1.88. The molecule has 2 heterocycles. The predicted octanol–water partition coefficient (Wildman–Crippen LogP) is 2.79. The Labute approximate surface area is 158 Å². The van der Waals surface area contributed by atoms with Crippen molar-refractivity contribution in [1.29, 1.82) is 0 Å². The lowest BCUT2D eigenvalue weighted by atomic mass is 9.95. The number of nitrogens with two attached hydrogens (primary N) is 1. The zero-order valence-electron chi connectivity index (χ0n) is 15.7. The smallest absolute Gasteiger partial charge is 0.250 e. The largest absolute Gasteiger partial charge is 0.398 e. The van der Waals surface area contributed by atoms with Gasteiger partial charge in [0.2, 0.25) is 11.8 Å². The van der Waals surface area contributed by atoms with E-state index >= 15 is 0 Å². The first-order chi connectivity index (χ1) is 12.9. The molecule has 4 rings (SSSR count). The maximum absolute atomic E-state index is 13.4. The van der Waals surface area contributed by atoms with Gasteiger partial charge in [0.1, 0.15) is 5.54 Å². The van der Waals surface area contributed by atoms with E-state index < -0.39 is 5.54 Å². The van der Waals surface area contributed by atoms with Gasteiger partial charge in [-0.05, 0) is 56.5 Å². The first-order valence-electron chi connectivity index (χ1n) is 9.25. The van der Waals surface area contributed by atoms with E-state index in [-0.39, 0.29) is 18.4 Å². The SMILES string of the molecule is CC1(C)C(=O)Nc2ccccc2N1C(=O)CN1CCCc2c(N)cccc21. The highest BCUT2D eigenvalue weighted by molar-refractivity contribution is 6.14. The number of para-hydroxylation sites is 2. The first kappa shape index (κ1) is 17.4. The van der Waals surface area contributed by atoms with E-state index in [0.29, 0.717) is 5.69 Å². The Morgan fingerprint density at radius 2 is 1.89 bits per heavy atom. The third-order valence-corrected chi connectivity index (χ3v) is 5.47. The van der Waals surface area contributed by atoms with Crippen LogP contribution in [0.25, 0.3) is 0 Å². The van der Waals surface area contributed by atoms with E-state index in [1.54, 1.807) is 18.7 Å². The van der Waals surface area contributed by atoms with Crippen LogP contribution in [0.1, 0.15) is 25.8 Å². The number of amides is 2. The molecule has 0 fully saturated rings. The fourth-order valence-corrected chi connectivity index (χ4v) is 4.02. The number of carbonyl (C=O) groups is 2. The Hall–Kier alpha value is -3.02. The van der Waals surface area contributed by atoms with Crippen LogP contribution in [0, 0.1) is 0 Å². The molecule has 2 aliphatic heterocycles. The minimum atomic E-state index is -0.959. The Kier molecular flexibility index (Phi) is 4.06. The van der Waals surface area contributed by atoms with E-state index in [4.69, 9.17) is 5.73 Å². The number of hydrogen-bond donors (Lipinski definition) is 2. The summed E-state index contributed by atoms with van der Waals surface area (Å²) in [5.74, 6) is -0.282. The number of carbonyl (C=O) groups excluding carboxylic acids is 2. The van der Waals surface area contributed by atoms with Crippen LogP contribution in [-0.4, -0.2) is 30.4 Å². The van der Waals surface area contributed by atoms with Gasteiger partial charge in [0.25, 0.3) is 0 Å². The number of nitrogen functional groups attached to an aromatic ring is 1. The van der Waals surface area contributed by atoms with Gasteiger partial charge in [-0.25, -0.2) is 0 Å². The highest BCUT2D eigenvalue weighted by Crippen LogP contribution is 2.37. The Bertz CT molecular complexity index is 922. The van der Waals surface area contributed by atoms with E-state index in [1.807, 2.05) is 42.5 Å². The molecule has 140 valence electrons. The van der Waals surface area contributed by atoms with Crippen molar-refractivity contribution in [3.63, 3.8) is 0 Å². The van der Waals surface area contributed by atoms with Crippen LogP contribution in [0.3, 0.4) is 0 Å². The number of hydrogen-bond acceptors (Lipinski definition) is 4. The van der Waals surface area contributed by atoms with Crippen LogP contribution in [0.5, 0.6) is 0 Å². The van der Waals surface area contributed by atoms with Crippen LogP contribution in [-0.2, 0) is 16.0 Å². The molecule has 6 heteroatoms. The Morgan fingerprint density at radius 3 is 2.70 bits per heavy atom. The average molecular weight is 364 g/mol. The van der Waals surface area contributed by atoms with E-state index in [1.165, 1.54) is 0 Å². The zero-order valence-corrected chi connectivity index (χ0v) is 15.7. The molecule has 0 unspecified atom stereocenters. The summed E-state index contributed by atoms with van der Waals surface area (Å²) < 4.78 is 0. The number of anilines is 4. The molecular weight excluding hydrogens is 340 g/mol. The maximum atomic E-state index is 13.4. The summed E-state index contributed by atoms with van der Waals surface area (Å²) >= 11 is 0. The van der Waals surface area contributed by atoms with Gasteiger partial charge in [-0.2, -0.15) is 0 Å². The minimum absolute atomic E-state index is 0.0995. The van der Waals surface area contributed by atoms with Gasteiger partial charge >= 0.3 is 0 Å². The van der Waals surface area contributed by atoms with Crippen molar-refractivity contribution >= 4 is 34.6 Å². The average Bonchev–Trinajstić information content (AvgIpc) is 2.63. The number of rotatable bonds is 2. The molecule has 0 aliphatic carbocycles. The number of nitrogens with zero attached hydrogens (tertiary/aromatic N) is 2. The first-order valence-corrected chi connectivity index (χ1v) is 9.25. The third kappa shape index (κ3) is 2.81. The van der Waals surface area contributed by atoms with E-state index in [9.17, 15) is 9.59 Å². The maximum Gasteiger partial charge on any atom is 0.250 e. The van der Waals surface area contributed by atoms with Crippen molar-refractivity contribution in [3.8, 4) is 0 Å². The molecule has 0 atom stereocenters. The summed E-state index contributed by atoms with van der Waals surface area (Å²) in [5.41, 5.74) is 9.46. The molecule has 2 aromatic rings. The highest BCUT2D eigenvalue weighted by atomic mass is 16.2. The molecule has 0 bridgehead atoms. The topological polar surface area (TPSA) is 78.7 Å². The van der Waals surface area contributed by atoms with Gasteiger partial charge in [-0.3, -0.25) is 14.5 Å². The number of nitrogens with one attached hydrogen (secondary N) is 1. The molecule has 27 heavy (non-hydrogen) atoms. The fraction of sp³-hybridized carbons (Fsp3) is 0.333. The monoisotopic (exact) mass is 364 g/mol. The van der Waals surface area contributed by atoms with Crippen LogP contribution >= 0.6 is 0 Å². The Balaban J connectivity index is 1.68. The van der Waals surface area contributed by atoms with Gasteiger partial charge in [0, 0.05) is 17.9 Å². The summed E-state index contributed by atoms with van der Waals surface area (Å²) in [6, 6.07) is 13.3. The molecule has 6 nitrogen and oxygen atoms in total. The summed E-state index contributed by atoms with van der Waals surface area (Å²) in [5, 5.41) is 2.90. The summed E-state index contributed by atoms with van der Waals surface area (Å²) in [4.78, 5) is 29.7. The fourth-order valence-electron chi connectivity index (χ4n) is 4.02. The lowest BCUT2D eigenvalue weighted by molar-refractivity contribution is -0.125. The lowest BCUT2D eigenvalue weighted by Crippen LogP contribution is -2.60. The van der Waals surface area contributed by atoms with Crippen molar-refractivity contribution in [2.24, 2.45) is 0 Å². The van der Waals surface area contributed by atoms with Crippen molar-refractivity contribution in [2.45, 2.75) is 32.2 Å². The van der Waals surface area contributed by atoms with Crippen LogP contribution in [0.15, 0.2) is 42.5 Å². The molecule has 0 saturated carbocycles. The molecule has 3 N–H and O–H groups in total.